The Hall–Kier alpha value is -1.68. The van der Waals surface area contributed by atoms with E-state index in [0.29, 0.717) is 6.04 Å². The van der Waals surface area contributed by atoms with Gasteiger partial charge in [-0.05, 0) is 31.7 Å². The third kappa shape index (κ3) is 2.05. The SMILES string of the molecule is CN[C@H](C)c1ccc(-n2cncn2)cc1. The minimum absolute atomic E-state index is 0.370. The van der Waals surface area contributed by atoms with Gasteiger partial charge in [-0.15, -0.1) is 0 Å². The Morgan fingerprint density at radius 2 is 2.00 bits per heavy atom. The predicted molar refractivity (Wildman–Crippen MR) is 58.8 cm³/mol. The Balaban J connectivity index is 2.25. The first kappa shape index (κ1) is 9.86. The molecule has 0 amide bonds. The van der Waals surface area contributed by atoms with Gasteiger partial charge in [0.2, 0.25) is 0 Å². The van der Waals surface area contributed by atoms with Gasteiger partial charge in [-0.3, -0.25) is 0 Å². The van der Waals surface area contributed by atoms with Gasteiger partial charge in [0.1, 0.15) is 12.7 Å². The summed E-state index contributed by atoms with van der Waals surface area (Å²) in [5.74, 6) is 0. The second-order valence-electron chi connectivity index (χ2n) is 3.44. The van der Waals surface area contributed by atoms with Gasteiger partial charge in [0.15, 0.2) is 0 Å². The van der Waals surface area contributed by atoms with E-state index in [0.717, 1.165) is 5.69 Å². The Bertz CT molecular complexity index is 405. The quantitative estimate of drug-likeness (QED) is 0.821. The average Bonchev–Trinajstić information content (AvgIpc) is 2.82. The molecule has 78 valence electrons. The maximum absolute atomic E-state index is 4.07. The molecule has 0 aliphatic heterocycles. The van der Waals surface area contributed by atoms with Crippen molar-refractivity contribution >= 4 is 0 Å². The first-order valence-corrected chi connectivity index (χ1v) is 4.93. The van der Waals surface area contributed by atoms with Crippen molar-refractivity contribution in [1.29, 1.82) is 0 Å². The Morgan fingerprint density at radius 3 is 2.53 bits per heavy atom. The van der Waals surface area contributed by atoms with Gasteiger partial charge in [0.05, 0.1) is 5.69 Å². The smallest absolute Gasteiger partial charge is 0.138 e. The topological polar surface area (TPSA) is 42.7 Å². The van der Waals surface area contributed by atoms with Gasteiger partial charge in [-0.1, -0.05) is 12.1 Å². The molecule has 1 aromatic heterocycles. The van der Waals surface area contributed by atoms with Crippen molar-refractivity contribution in [3.63, 3.8) is 0 Å². The zero-order chi connectivity index (χ0) is 10.7. The summed E-state index contributed by atoms with van der Waals surface area (Å²) in [5, 5.41) is 7.27. The lowest BCUT2D eigenvalue weighted by Gasteiger charge is -2.10. The van der Waals surface area contributed by atoms with E-state index in [1.165, 1.54) is 11.9 Å². The molecule has 0 aliphatic rings. The van der Waals surface area contributed by atoms with Crippen LogP contribution >= 0.6 is 0 Å². The van der Waals surface area contributed by atoms with Crippen LogP contribution in [0.4, 0.5) is 0 Å². The third-order valence-corrected chi connectivity index (χ3v) is 2.51. The average molecular weight is 202 g/mol. The molecule has 0 spiro atoms. The monoisotopic (exact) mass is 202 g/mol. The van der Waals surface area contributed by atoms with Crippen LogP contribution in [0.15, 0.2) is 36.9 Å². The highest BCUT2D eigenvalue weighted by Crippen LogP contribution is 2.14. The lowest BCUT2D eigenvalue weighted by molar-refractivity contribution is 0.652. The molecule has 0 saturated heterocycles. The van der Waals surface area contributed by atoms with E-state index >= 15 is 0 Å². The molecule has 1 heterocycles. The number of rotatable bonds is 3. The molecular formula is C11H14N4. The second-order valence-corrected chi connectivity index (χ2v) is 3.44. The summed E-state index contributed by atoms with van der Waals surface area (Å²) in [4.78, 5) is 3.91. The third-order valence-electron chi connectivity index (χ3n) is 2.51. The van der Waals surface area contributed by atoms with Crippen molar-refractivity contribution in [2.24, 2.45) is 0 Å². The first-order valence-electron chi connectivity index (χ1n) is 4.93. The maximum atomic E-state index is 4.07. The zero-order valence-corrected chi connectivity index (χ0v) is 8.88. The highest BCUT2D eigenvalue weighted by Gasteiger charge is 2.02. The molecule has 2 rings (SSSR count). The minimum Gasteiger partial charge on any atom is -0.313 e. The molecule has 0 aliphatic carbocycles. The predicted octanol–water partition coefficient (Wildman–Crippen LogP) is 1.55. The van der Waals surface area contributed by atoms with Crippen LogP contribution in [0.25, 0.3) is 5.69 Å². The van der Waals surface area contributed by atoms with Crippen molar-refractivity contribution in [2.75, 3.05) is 7.05 Å². The Labute approximate surface area is 89.0 Å². The summed E-state index contributed by atoms with van der Waals surface area (Å²) in [5.41, 5.74) is 2.29. The highest BCUT2D eigenvalue weighted by atomic mass is 15.3. The van der Waals surface area contributed by atoms with Crippen LogP contribution in [0.2, 0.25) is 0 Å². The van der Waals surface area contributed by atoms with Crippen molar-refractivity contribution in [2.45, 2.75) is 13.0 Å². The second kappa shape index (κ2) is 4.23. The fourth-order valence-corrected chi connectivity index (χ4v) is 1.42. The number of hydrogen-bond acceptors (Lipinski definition) is 3. The standard InChI is InChI=1S/C11H14N4/c1-9(12-2)10-3-5-11(6-4-10)15-8-13-7-14-15/h3-9,12H,1-2H3/t9-/m1/s1. The van der Waals surface area contributed by atoms with E-state index in [-0.39, 0.29) is 0 Å². The molecule has 15 heavy (non-hydrogen) atoms. The van der Waals surface area contributed by atoms with Gasteiger partial charge in [0, 0.05) is 6.04 Å². The normalized spacial score (nSPS) is 12.7. The fraction of sp³-hybridized carbons (Fsp3) is 0.273. The molecule has 0 unspecified atom stereocenters. The number of nitrogens with one attached hydrogen (secondary N) is 1. The molecule has 1 atom stereocenters. The van der Waals surface area contributed by atoms with Crippen molar-refractivity contribution in [1.82, 2.24) is 20.1 Å². The van der Waals surface area contributed by atoms with Gasteiger partial charge in [-0.2, -0.15) is 5.10 Å². The summed E-state index contributed by atoms with van der Waals surface area (Å²) < 4.78 is 1.74. The number of benzene rings is 1. The van der Waals surface area contributed by atoms with E-state index in [9.17, 15) is 0 Å². The lowest BCUT2D eigenvalue weighted by Crippen LogP contribution is -2.12. The molecule has 0 fully saturated rings. The molecule has 2 aromatic rings. The van der Waals surface area contributed by atoms with Crippen LogP contribution < -0.4 is 5.32 Å². The van der Waals surface area contributed by atoms with Gasteiger partial charge < -0.3 is 5.32 Å². The zero-order valence-electron chi connectivity index (χ0n) is 8.88. The van der Waals surface area contributed by atoms with Crippen molar-refractivity contribution in [3.8, 4) is 5.69 Å². The maximum Gasteiger partial charge on any atom is 0.138 e. The van der Waals surface area contributed by atoms with Crippen molar-refractivity contribution < 1.29 is 0 Å². The van der Waals surface area contributed by atoms with Gasteiger partial charge >= 0.3 is 0 Å². The van der Waals surface area contributed by atoms with E-state index in [1.807, 2.05) is 19.2 Å². The number of hydrogen-bond donors (Lipinski definition) is 1. The summed E-state index contributed by atoms with van der Waals surface area (Å²) in [7, 11) is 1.95. The molecule has 4 nitrogen and oxygen atoms in total. The Morgan fingerprint density at radius 1 is 1.27 bits per heavy atom. The van der Waals surface area contributed by atoms with E-state index in [2.05, 4.69) is 34.5 Å². The van der Waals surface area contributed by atoms with Crippen LogP contribution in [0.5, 0.6) is 0 Å². The fourth-order valence-electron chi connectivity index (χ4n) is 1.42. The van der Waals surface area contributed by atoms with Crippen LogP contribution in [0.3, 0.4) is 0 Å². The molecule has 1 N–H and O–H groups in total. The minimum atomic E-state index is 0.370. The van der Waals surface area contributed by atoms with Crippen LogP contribution in [0, 0.1) is 0 Å². The highest BCUT2D eigenvalue weighted by molar-refractivity contribution is 5.34. The molecule has 1 aromatic carbocycles. The van der Waals surface area contributed by atoms with E-state index < -0.39 is 0 Å². The summed E-state index contributed by atoms with van der Waals surface area (Å²) in [6, 6.07) is 8.64. The Kier molecular flexibility index (Phi) is 2.78. The first-order chi connectivity index (χ1) is 7.31. The van der Waals surface area contributed by atoms with Crippen LogP contribution in [-0.4, -0.2) is 21.8 Å². The number of aromatic nitrogens is 3. The van der Waals surface area contributed by atoms with Gasteiger partial charge in [0.25, 0.3) is 0 Å². The summed E-state index contributed by atoms with van der Waals surface area (Å²) >= 11 is 0. The van der Waals surface area contributed by atoms with E-state index in [1.54, 1.807) is 11.0 Å². The molecular weight excluding hydrogens is 188 g/mol. The number of nitrogens with zero attached hydrogens (tertiary/aromatic N) is 3. The molecule has 0 radical (unpaired) electrons. The largest absolute Gasteiger partial charge is 0.313 e. The van der Waals surface area contributed by atoms with Crippen molar-refractivity contribution in [3.05, 3.63) is 42.5 Å². The molecule has 4 heteroatoms. The molecule has 0 bridgehead atoms. The van der Waals surface area contributed by atoms with Crippen LogP contribution in [-0.2, 0) is 0 Å². The summed E-state index contributed by atoms with van der Waals surface area (Å²) in [6.45, 7) is 2.13. The van der Waals surface area contributed by atoms with E-state index in [4.69, 9.17) is 0 Å². The lowest BCUT2D eigenvalue weighted by atomic mass is 10.1. The molecule has 0 saturated carbocycles. The van der Waals surface area contributed by atoms with Gasteiger partial charge in [-0.25, -0.2) is 9.67 Å². The van der Waals surface area contributed by atoms with Crippen LogP contribution in [0.1, 0.15) is 18.5 Å². The summed E-state index contributed by atoms with van der Waals surface area (Å²) in [6.07, 6.45) is 3.22.